The number of fused-ring (bicyclic) bond motifs is 1. The minimum atomic E-state index is -0.303. The summed E-state index contributed by atoms with van der Waals surface area (Å²) in [6.07, 6.45) is 4.16. The quantitative estimate of drug-likeness (QED) is 0.821. The van der Waals surface area contributed by atoms with Crippen molar-refractivity contribution in [1.29, 1.82) is 0 Å². The standard InChI is InChI=1S/C10H14N4OS/c1-3-7(2)4-13-5-12-9(15)8-10(13)14(16)6-11-8/h5-7,16H,3-4H2,1-2H3. The molecule has 0 aliphatic carbocycles. The highest BCUT2D eigenvalue weighted by Crippen LogP contribution is 2.12. The summed E-state index contributed by atoms with van der Waals surface area (Å²) in [5.74, 6) is 0.524. The van der Waals surface area contributed by atoms with Gasteiger partial charge in [0, 0.05) is 6.54 Å². The Morgan fingerprint density at radius 1 is 1.44 bits per heavy atom. The third-order valence-corrected chi connectivity index (χ3v) is 3.01. The molecule has 5 nitrogen and oxygen atoms in total. The summed E-state index contributed by atoms with van der Waals surface area (Å²) in [6.45, 7) is 5.10. The normalized spacial score (nSPS) is 13.2. The van der Waals surface area contributed by atoms with Gasteiger partial charge in [-0.05, 0) is 5.92 Å². The van der Waals surface area contributed by atoms with Crippen LogP contribution in [0.4, 0.5) is 0 Å². The maximum atomic E-state index is 11.5. The number of rotatable bonds is 3. The summed E-state index contributed by atoms with van der Waals surface area (Å²) in [7, 11) is 0. The lowest BCUT2D eigenvalue weighted by atomic mass is 10.1. The van der Waals surface area contributed by atoms with Gasteiger partial charge >= 0.3 is 5.56 Å². The molecule has 0 aliphatic rings. The molecule has 2 aromatic heterocycles. The summed E-state index contributed by atoms with van der Waals surface area (Å²) in [4.78, 5) is 19.3. The zero-order valence-electron chi connectivity index (χ0n) is 9.29. The first-order valence-electron chi connectivity index (χ1n) is 5.25. The molecule has 1 atom stereocenters. The minimum Gasteiger partial charge on any atom is -0.315 e. The molecule has 2 aromatic rings. The average molecular weight is 238 g/mol. The van der Waals surface area contributed by atoms with Gasteiger partial charge in [0.15, 0.2) is 11.2 Å². The highest BCUT2D eigenvalue weighted by Gasteiger charge is 2.10. The van der Waals surface area contributed by atoms with Crippen molar-refractivity contribution in [1.82, 2.24) is 18.5 Å². The highest BCUT2D eigenvalue weighted by molar-refractivity contribution is 7.78. The van der Waals surface area contributed by atoms with Crippen molar-refractivity contribution in [2.45, 2.75) is 26.8 Å². The number of thiol groups is 1. The number of hydrogen-bond donors (Lipinski definition) is 1. The molecule has 0 N–H and O–H groups in total. The third kappa shape index (κ3) is 1.84. The molecule has 0 saturated heterocycles. The smallest absolute Gasteiger partial charge is 0.300 e. The molecule has 1 unspecified atom stereocenters. The zero-order valence-corrected chi connectivity index (χ0v) is 10.2. The molecule has 6 heteroatoms. The Hall–Kier alpha value is -1.30. The van der Waals surface area contributed by atoms with Gasteiger partial charge in [0.2, 0.25) is 0 Å². The van der Waals surface area contributed by atoms with Gasteiger partial charge in [0.1, 0.15) is 12.7 Å². The van der Waals surface area contributed by atoms with Crippen LogP contribution in [0.1, 0.15) is 20.3 Å². The van der Waals surface area contributed by atoms with E-state index in [0.717, 1.165) is 13.0 Å². The molecule has 0 saturated carbocycles. The first-order chi connectivity index (χ1) is 7.63. The van der Waals surface area contributed by atoms with E-state index in [1.807, 2.05) is 4.57 Å². The van der Waals surface area contributed by atoms with Gasteiger partial charge in [-0.3, -0.25) is 8.77 Å². The Bertz CT molecular complexity index is 559. The highest BCUT2D eigenvalue weighted by atomic mass is 32.1. The van der Waals surface area contributed by atoms with Crippen LogP contribution in [0.15, 0.2) is 17.4 Å². The molecule has 0 aliphatic heterocycles. The monoisotopic (exact) mass is 238 g/mol. The fourth-order valence-corrected chi connectivity index (χ4v) is 1.85. The molecule has 0 radical (unpaired) electrons. The lowest BCUT2D eigenvalue weighted by Gasteiger charge is -2.12. The lowest BCUT2D eigenvalue weighted by molar-refractivity contribution is 0.470. The van der Waals surface area contributed by atoms with Crippen LogP contribution in [-0.2, 0) is 6.54 Å². The topological polar surface area (TPSA) is 52.7 Å². The van der Waals surface area contributed by atoms with E-state index in [0.29, 0.717) is 17.1 Å². The van der Waals surface area contributed by atoms with Crippen LogP contribution in [0.3, 0.4) is 0 Å². The van der Waals surface area contributed by atoms with Gasteiger partial charge in [0.25, 0.3) is 0 Å². The van der Waals surface area contributed by atoms with Crippen molar-refractivity contribution in [3.8, 4) is 0 Å². The second-order valence-electron chi connectivity index (χ2n) is 3.98. The Morgan fingerprint density at radius 3 is 2.88 bits per heavy atom. The second-order valence-corrected chi connectivity index (χ2v) is 4.41. The van der Waals surface area contributed by atoms with Gasteiger partial charge in [-0.25, -0.2) is 4.98 Å². The van der Waals surface area contributed by atoms with E-state index in [9.17, 15) is 4.79 Å². The Labute approximate surface area is 98.7 Å². The zero-order chi connectivity index (χ0) is 11.7. The van der Waals surface area contributed by atoms with Crippen molar-refractivity contribution in [3.63, 3.8) is 0 Å². The van der Waals surface area contributed by atoms with Crippen LogP contribution in [0.2, 0.25) is 0 Å². The van der Waals surface area contributed by atoms with Crippen LogP contribution in [0.25, 0.3) is 11.2 Å². The van der Waals surface area contributed by atoms with Gasteiger partial charge < -0.3 is 4.57 Å². The van der Waals surface area contributed by atoms with Crippen molar-refractivity contribution in [2.24, 2.45) is 5.92 Å². The van der Waals surface area contributed by atoms with Crippen LogP contribution in [0, 0.1) is 5.92 Å². The van der Waals surface area contributed by atoms with E-state index in [1.54, 1.807) is 10.3 Å². The molecule has 16 heavy (non-hydrogen) atoms. The molecule has 0 bridgehead atoms. The molecule has 2 rings (SSSR count). The number of imidazole rings is 1. The minimum absolute atomic E-state index is 0.303. The second kappa shape index (κ2) is 4.29. The van der Waals surface area contributed by atoms with Gasteiger partial charge in [-0.15, -0.1) is 0 Å². The van der Waals surface area contributed by atoms with Crippen molar-refractivity contribution < 1.29 is 0 Å². The fraction of sp³-hybridized carbons (Fsp3) is 0.500. The van der Waals surface area contributed by atoms with Crippen LogP contribution in [0.5, 0.6) is 0 Å². The lowest BCUT2D eigenvalue weighted by Crippen LogP contribution is -2.16. The van der Waals surface area contributed by atoms with Gasteiger partial charge in [0.05, 0.1) is 0 Å². The van der Waals surface area contributed by atoms with Crippen LogP contribution < -0.4 is 5.56 Å². The van der Waals surface area contributed by atoms with E-state index in [2.05, 4.69) is 36.6 Å². The number of aromatic nitrogens is 4. The predicted octanol–water partition coefficient (Wildman–Crippen LogP) is 1.33. The van der Waals surface area contributed by atoms with Gasteiger partial charge in [-0.1, -0.05) is 33.1 Å². The number of hydrogen-bond acceptors (Lipinski definition) is 4. The first-order valence-corrected chi connectivity index (χ1v) is 5.65. The third-order valence-electron chi connectivity index (χ3n) is 2.72. The van der Waals surface area contributed by atoms with E-state index >= 15 is 0 Å². The fourth-order valence-electron chi connectivity index (χ4n) is 1.59. The van der Waals surface area contributed by atoms with E-state index < -0.39 is 0 Å². The largest absolute Gasteiger partial charge is 0.315 e. The Kier molecular flexibility index (Phi) is 3.00. The summed E-state index contributed by atoms with van der Waals surface area (Å²) >= 11 is 4.24. The number of nitrogens with zero attached hydrogens (tertiary/aromatic N) is 4. The molecule has 0 amide bonds. The van der Waals surface area contributed by atoms with E-state index in [-0.39, 0.29) is 5.56 Å². The van der Waals surface area contributed by atoms with Crippen LogP contribution in [-0.4, -0.2) is 18.5 Å². The molecule has 0 spiro atoms. The van der Waals surface area contributed by atoms with Gasteiger partial charge in [-0.2, -0.15) is 4.98 Å². The predicted molar refractivity (Wildman–Crippen MR) is 65.6 cm³/mol. The molecular weight excluding hydrogens is 224 g/mol. The maximum absolute atomic E-state index is 11.5. The van der Waals surface area contributed by atoms with E-state index in [4.69, 9.17) is 0 Å². The molecular formula is C10H14N4OS. The maximum Gasteiger partial charge on any atom is 0.300 e. The molecule has 0 aromatic carbocycles. The molecule has 2 heterocycles. The molecule has 0 fully saturated rings. The van der Waals surface area contributed by atoms with Crippen molar-refractivity contribution in [3.05, 3.63) is 23.0 Å². The average Bonchev–Trinajstić information content (AvgIpc) is 2.66. The first kappa shape index (κ1) is 11.2. The summed E-state index contributed by atoms with van der Waals surface area (Å²) < 4.78 is 3.48. The van der Waals surface area contributed by atoms with Crippen molar-refractivity contribution in [2.75, 3.05) is 0 Å². The summed E-state index contributed by atoms with van der Waals surface area (Å²) in [5.41, 5.74) is 0.785. The summed E-state index contributed by atoms with van der Waals surface area (Å²) in [5, 5.41) is 0. The molecule has 86 valence electrons. The SMILES string of the molecule is CCC(C)Cn1cnc(=O)c2ncn(S)c21. The Morgan fingerprint density at radius 2 is 2.19 bits per heavy atom. The van der Waals surface area contributed by atoms with E-state index in [1.165, 1.54) is 6.33 Å². The Balaban J connectivity index is 2.57. The summed E-state index contributed by atoms with van der Waals surface area (Å²) in [6, 6.07) is 0. The van der Waals surface area contributed by atoms with Crippen molar-refractivity contribution >= 4 is 24.0 Å². The van der Waals surface area contributed by atoms with Crippen LogP contribution >= 0.6 is 12.8 Å².